The van der Waals surface area contributed by atoms with E-state index >= 15 is 0 Å². The van der Waals surface area contributed by atoms with E-state index in [9.17, 15) is 4.79 Å². The lowest BCUT2D eigenvalue weighted by Crippen LogP contribution is -2.26. The molecule has 0 fully saturated rings. The van der Waals surface area contributed by atoms with E-state index in [0.29, 0.717) is 6.54 Å². The zero-order valence-electron chi connectivity index (χ0n) is 14.1. The highest BCUT2D eigenvalue weighted by Crippen LogP contribution is 2.23. The van der Waals surface area contributed by atoms with Crippen molar-refractivity contribution < 1.29 is 9.53 Å². The first-order valence-electron chi connectivity index (χ1n) is 7.93. The molecule has 0 bridgehead atoms. The van der Waals surface area contributed by atoms with Crippen molar-refractivity contribution >= 4 is 16.9 Å². The summed E-state index contributed by atoms with van der Waals surface area (Å²) in [6.45, 7) is 4.13. The Labute approximate surface area is 141 Å². The Hall–Kier alpha value is -2.82. The van der Waals surface area contributed by atoms with Gasteiger partial charge in [-0.3, -0.25) is 4.79 Å². The third kappa shape index (κ3) is 3.25. The van der Waals surface area contributed by atoms with Crippen LogP contribution in [0.4, 0.5) is 0 Å². The number of hydrogen-bond acceptors (Lipinski definition) is 3. The highest BCUT2D eigenvalue weighted by Gasteiger charge is 2.17. The normalized spacial score (nSPS) is 12.1. The number of hydrogen-bond donors (Lipinski definition) is 1. The lowest BCUT2D eigenvalue weighted by Gasteiger charge is -2.16. The number of methoxy groups -OCH3 is 1. The molecule has 1 atom stereocenters. The SMILES string of the molecule is COc1cccc(Cn2c(C(C)NC(C)=O)nc3ccccc32)c1. The number of carbonyl (C=O) groups is 1. The van der Waals surface area contributed by atoms with Crippen molar-refractivity contribution in [2.45, 2.75) is 26.4 Å². The summed E-state index contributed by atoms with van der Waals surface area (Å²) in [5.74, 6) is 1.60. The van der Waals surface area contributed by atoms with Crippen LogP contribution in [0.25, 0.3) is 11.0 Å². The second-order valence-electron chi connectivity index (χ2n) is 5.82. The van der Waals surface area contributed by atoms with Crippen molar-refractivity contribution in [3.63, 3.8) is 0 Å². The molecule has 3 rings (SSSR count). The fraction of sp³-hybridized carbons (Fsp3) is 0.263. The summed E-state index contributed by atoms with van der Waals surface area (Å²) in [4.78, 5) is 16.2. The second-order valence-corrected chi connectivity index (χ2v) is 5.82. The molecule has 1 aromatic heterocycles. The van der Waals surface area contributed by atoms with Crippen molar-refractivity contribution in [2.24, 2.45) is 0 Å². The lowest BCUT2D eigenvalue weighted by molar-refractivity contribution is -0.119. The van der Waals surface area contributed by atoms with Crippen molar-refractivity contribution in [2.75, 3.05) is 7.11 Å². The molecule has 0 aliphatic rings. The number of amides is 1. The molecule has 0 saturated carbocycles. The predicted octanol–water partition coefficient (Wildman–Crippen LogP) is 3.29. The monoisotopic (exact) mass is 323 g/mol. The minimum absolute atomic E-state index is 0.0671. The Bertz CT molecular complexity index is 870. The third-order valence-electron chi connectivity index (χ3n) is 3.97. The first-order valence-corrected chi connectivity index (χ1v) is 7.93. The van der Waals surface area contributed by atoms with E-state index in [1.54, 1.807) is 7.11 Å². The molecular weight excluding hydrogens is 302 g/mol. The number of aromatic nitrogens is 2. The number of rotatable bonds is 5. The molecule has 0 saturated heterocycles. The van der Waals surface area contributed by atoms with E-state index in [-0.39, 0.29) is 11.9 Å². The van der Waals surface area contributed by atoms with Crippen LogP contribution in [0.1, 0.15) is 31.3 Å². The number of nitrogens with one attached hydrogen (secondary N) is 1. The van der Waals surface area contributed by atoms with E-state index in [0.717, 1.165) is 28.2 Å². The van der Waals surface area contributed by atoms with Crippen LogP contribution >= 0.6 is 0 Å². The van der Waals surface area contributed by atoms with Gasteiger partial charge in [-0.05, 0) is 36.8 Å². The van der Waals surface area contributed by atoms with Crippen molar-refractivity contribution in [3.05, 3.63) is 59.9 Å². The maximum Gasteiger partial charge on any atom is 0.217 e. The Morgan fingerprint density at radius 1 is 1.25 bits per heavy atom. The number of benzene rings is 2. The minimum Gasteiger partial charge on any atom is -0.497 e. The van der Waals surface area contributed by atoms with Crippen molar-refractivity contribution in [3.8, 4) is 5.75 Å². The summed E-state index contributed by atoms with van der Waals surface area (Å²) in [5, 5.41) is 2.92. The molecule has 2 aromatic carbocycles. The quantitative estimate of drug-likeness (QED) is 0.784. The highest BCUT2D eigenvalue weighted by molar-refractivity contribution is 5.77. The molecule has 0 aliphatic heterocycles. The van der Waals surface area contributed by atoms with Gasteiger partial charge in [0.05, 0.1) is 24.2 Å². The fourth-order valence-corrected chi connectivity index (χ4v) is 2.91. The highest BCUT2D eigenvalue weighted by atomic mass is 16.5. The molecular formula is C19H21N3O2. The molecule has 1 heterocycles. The van der Waals surface area contributed by atoms with Gasteiger partial charge >= 0.3 is 0 Å². The molecule has 124 valence electrons. The largest absolute Gasteiger partial charge is 0.497 e. The summed E-state index contributed by atoms with van der Waals surface area (Å²) in [5.41, 5.74) is 3.09. The second kappa shape index (κ2) is 6.74. The Morgan fingerprint density at radius 3 is 2.79 bits per heavy atom. The zero-order chi connectivity index (χ0) is 17.1. The topological polar surface area (TPSA) is 56.1 Å². The zero-order valence-corrected chi connectivity index (χ0v) is 14.1. The molecule has 0 spiro atoms. The molecule has 24 heavy (non-hydrogen) atoms. The van der Waals surface area contributed by atoms with Gasteiger partial charge in [-0.15, -0.1) is 0 Å². The van der Waals surface area contributed by atoms with Crippen LogP contribution in [0.3, 0.4) is 0 Å². The van der Waals surface area contributed by atoms with Gasteiger partial charge in [-0.2, -0.15) is 0 Å². The summed E-state index contributed by atoms with van der Waals surface area (Å²) in [6, 6.07) is 15.8. The summed E-state index contributed by atoms with van der Waals surface area (Å²) in [7, 11) is 1.66. The van der Waals surface area contributed by atoms with Crippen LogP contribution < -0.4 is 10.1 Å². The number of para-hydroxylation sites is 2. The minimum atomic E-state index is -0.166. The van der Waals surface area contributed by atoms with Crippen LogP contribution in [-0.2, 0) is 11.3 Å². The number of imidazole rings is 1. The summed E-state index contributed by atoms with van der Waals surface area (Å²) < 4.78 is 7.45. The number of carbonyl (C=O) groups excluding carboxylic acids is 1. The van der Waals surface area contributed by atoms with E-state index < -0.39 is 0 Å². The Morgan fingerprint density at radius 2 is 2.04 bits per heavy atom. The van der Waals surface area contributed by atoms with Crippen LogP contribution in [0, 0.1) is 0 Å². The Kier molecular flexibility index (Phi) is 4.51. The molecule has 0 radical (unpaired) electrons. The summed E-state index contributed by atoms with van der Waals surface area (Å²) in [6.07, 6.45) is 0. The maximum absolute atomic E-state index is 11.4. The summed E-state index contributed by atoms with van der Waals surface area (Å²) >= 11 is 0. The molecule has 5 nitrogen and oxygen atoms in total. The molecule has 3 aromatic rings. The first kappa shape index (κ1) is 16.1. The fourth-order valence-electron chi connectivity index (χ4n) is 2.91. The Balaban J connectivity index is 2.05. The van der Waals surface area contributed by atoms with Crippen LogP contribution in [-0.4, -0.2) is 22.6 Å². The van der Waals surface area contributed by atoms with Gasteiger partial charge in [-0.1, -0.05) is 24.3 Å². The van der Waals surface area contributed by atoms with E-state index in [2.05, 4.69) is 16.0 Å². The van der Waals surface area contributed by atoms with Crippen molar-refractivity contribution in [1.82, 2.24) is 14.9 Å². The molecule has 1 unspecified atom stereocenters. The smallest absolute Gasteiger partial charge is 0.217 e. The lowest BCUT2D eigenvalue weighted by atomic mass is 10.2. The van der Waals surface area contributed by atoms with Crippen LogP contribution in [0.2, 0.25) is 0 Å². The van der Waals surface area contributed by atoms with Crippen LogP contribution in [0.15, 0.2) is 48.5 Å². The van der Waals surface area contributed by atoms with Gasteiger partial charge < -0.3 is 14.6 Å². The average molecular weight is 323 g/mol. The predicted molar refractivity (Wildman–Crippen MR) is 94.1 cm³/mol. The number of fused-ring (bicyclic) bond motifs is 1. The maximum atomic E-state index is 11.4. The van der Waals surface area contributed by atoms with E-state index in [1.165, 1.54) is 6.92 Å². The van der Waals surface area contributed by atoms with Gasteiger partial charge in [0.15, 0.2) is 0 Å². The van der Waals surface area contributed by atoms with Crippen molar-refractivity contribution in [1.29, 1.82) is 0 Å². The van der Waals surface area contributed by atoms with E-state index in [4.69, 9.17) is 9.72 Å². The number of nitrogens with zero attached hydrogens (tertiary/aromatic N) is 2. The van der Waals surface area contributed by atoms with Gasteiger partial charge in [0, 0.05) is 13.5 Å². The molecule has 0 aliphatic carbocycles. The average Bonchev–Trinajstić information content (AvgIpc) is 2.93. The third-order valence-corrected chi connectivity index (χ3v) is 3.97. The standard InChI is InChI=1S/C19H21N3O2/c1-13(20-14(2)23)19-21-17-9-4-5-10-18(17)22(19)12-15-7-6-8-16(11-15)24-3/h4-11,13H,12H2,1-3H3,(H,20,23). The first-order chi connectivity index (χ1) is 11.6. The number of ether oxygens (including phenoxy) is 1. The van der Waals surface area contributed by atoms with Gasteiger partial charge in [0.1, 0.15) is 11.6 Å². The molecule has 1 amide bonds. The van der Waals surface area contributed by atoms with Gasteiger partial charge in [0.25, 0.3) is 0 Å². The molecule has 5 heteroatoms. The van der Waals surface area contributed by atoms with Gasteiger partial charge in [0.2, 0.25) is 5.91 Å². The van der Waals surface area contributed by atoms with Crippen LogP contribution in [0.5, 0.6) is 5.75 Å². The molecule has 1 N–H and O–H groups in total. The van der Waals surface area contributed by atoms with E-state index in [1.807, 2.05) is 49.4 Å². The van der Waals surface area contributed by atoms with Gasteiger partial charge in [-0.25, -0.2) is 4.98 Å².